The number of carbonyl (C=O) groups excluding carboxylic acids is 1. The van der Waals surface area contributed by atoms with Gasteiger partial charge in [0.2, 0.25) is 0 Å². The normalized spacial score (nSPS) is 19.6. The quantitative estimate of drug-likeness (QED) is 0.892. The van der Waals surface area contributed by atoms with Crippen molar-refractivity contribution in [3.05, 3.63) is 30.1 Å². The Balaban J connectivity index is 1.74. The molecule has 0 aromatic carbocycles. The van der Waals surface area contributed by atoms with Crippen LogP contribution in [0.3, 0.4) is 0 Å². The Morgan fingerprint density at radius 3 is 3.05 bits per heavy atom. The molecule has 1 fully saturated rings. The molecule has 1 aliphatic heterocycles. The van der Waals surface area contributed by atoms with Gasteiger partial charge in [-0.15, -0.1) is 0 Å². The number of piperidine rings is 1. The van der Waals surface area contributed by atoms with Gasteiger partial charge in [-0.2, -0.15) is 0 Å². The van der Waals surface area contributed by atoms with E-state index >= 15 is 0 Å². The van der Waals surface area contributed by atoms with Crippen LogP contribution >= 0.6 is 0 Å². The first-order valence-corrected chi connectivity index (χ1v) is 7.32. The Bertz CT molecular complexity index is 411. The number of rotatable bonds is 5. The van der Waals surface area contributed by atoms with E-state index in [1.165, 1.54) is 5.56 Å². The minimum atomic E-state index is -0.298. The Kier molecular flexibility index (Phi) is 5.80. The van der Waals surface area contributed by atoms with Crippen molar-refractivity contribution in [2.24, 2.45) is 0 Å². The maximum atomic E-state index is 11.4. The standard InChI is InChI=1S/C15H23N3O2/c1-2-20-15(19)17-14-4-3-10-18(12-14)11-7-13-5-8-16-9-6-13/h5-6,8-9,14H,2-4,7,10-12H2,1H3,(H,17,19)/t14-/m0/s1. The van der Waals surface area contributed by atoms with Crippen LogP contribution in [0.15, 0.2) is 24.5 Å². The van der Waals surface area contributed by atoms with E-state index in [4.69, 9.17) is 4.74 Å². The van der Waals surface area contributed by atoms with Crippen molar-refractivity contribution in [2.45, 2.75) is 32.2 Å². The molecule has 1 aromatic heterocycles. The van der Waals surface area contributed by atoms with Crippen LogP contribution in [0.2, 0.25) is 0 Å². The number of hydrogen-bond donors (Lipinski definition) is 1. The minimum absolute atomic E-state index is 0.209. The second-order valence-electron chi connectivity index (χ2n) is 5.11. The highest BCUT2D eigenvalue weighted by atomic mass is 16.5. The molecule has 5 nitrogen and oxygen atoms in total. The molecule has 1 amide bonds. The Labute approximate surface area is 120 Å². The van der Waals surface area contributed by atoms with E-state index in [0.717, 1.165) is 38.9 Å². The first kappa shape index (κ1) is 14.8. The van der Waals surface area contributed by atoms with E-state index in [1.807, 2.05) is 19.3 Å². The summed E-state index contributed by atoms with van der Waals surface area (Å²) in [4.78, 5) is 17.9. The van der Waals surface area contributed by atoms with Gasteiger partial charge in [0.1, 0.15) is 0 Å². The highest BCUT2D eigenvalue weighted by molar-refractivity contribution is 5.67. The number of nitrogens with zero attached hydrogens (tertiary/aromatic N) is 2. The molecule has 5 heteroatoms. The molecular weight excluding hydrogens is 254 g/mol. The number of hydrogen-bond acceptors (Lipinski definition) is 4. The number of ether oxygens (including phenoxy) is 1. The van der Waals surface area contributed by atoms with E-state index in [-0.39, 0.29) is 12.1 Å². The van der Waals surface area contributed by atoms with Gasteiger partial charge in [0, 0.05) is 31.5 Å². The summed E-state index contributed by atoms with van der Waals surface area (Å²) in [6, 6.07) is 4.32. The van der Waals surface area contributed by atoms with Crippen molar-refractivity contribution in [1.29, 1.82) is 0 Å². The molecule has 0 bridgehead atoms. The molecule has 0 radical (unpaired) electrons. The molecule has 1 atom stereocenters. The Morgan fingerprint density at radius 1 is 1.50 bits per heavy atom. The van der Waals surface area contributed by atoms with Crippen molar-refractivity contribution >= 4 is 6.09 Å². The summed E-state index contributed by atoms with van der Waals surface area (Å²) in [5, 5.41) is 2.94. The van der Waals surface area contributed by atoms with Crippen LogP contribution in [0.1, 0.15) is 25.3 Å². The van der Waals surface area contributed by atoms with E-state index in [2.05, 4.69) is 27.3 Å². The number of likely N-dealkylation sites (tertiary alicyclic amines) is 1. The topological polar surface area (TPSA) is 54.5 Å². The molecular formula is C15H23N3O2. The molecule has 0 saturated carbocycles. The average molecular weight is 277 g/mol. The second kappa shape index (κ2) is 7.85. The first-order chi connectivity index (χ1) is 9.78. The molecule has 1 N–H and O–H groups in total. The molecule has 20 heavy (non-hydrogen) atoms. The van der Waals surface area contributed by atoms with Gasteiger partial charge >= 0.3 is 6.09 Å². The van der Waals surface area contributed by atoms with E-state index in [1.54, 1.807) is 0 Å². The van der Waals surface area contributed by atoms with Crippen LogP contribution in [0.25, 0.3) is 0 Å². The zero-order valence-corrected chi connectivity index (χ0v) is 12.0. The number of carbonyl (C=O) groups is 1. The number of aromatic nitrogens is 1. The van der Waals surface area contributed by atoms with Gasteiger partial charge in [0.25, 0.3) is 0 Å². The lowest BCUT2D eigenvalue weighted by molar-refractivity contribution is 0.134. The highest BCUT2D eigenvalue weighted by Gasteiger charge is 2.21. The lowest BCUT2D eigenvalue weighted by Gasteiger charge is -2.32. The molecule has 1 aromatic rings. The number of amides is 1. The molecule has 2 rings (SSSR count). The molecule has 2 heterocycles. The zero-order valence-electron chi connectivity index (χ0n) is 12.0. The summed E-state index contributed by atoms with van der Waals surface area (Å²) in [6.45, 7) is 5.27. The largest absolute Gasteiger partial charge is 0.450 e. The van der Waals surface area contributed by atoms with E-state index in [9.17, 15) is 4.79 Å². The number of pyridine rings is 1. The van der Waals surface area contributed by atoms with Crippen molar-refractivity contribution in [1.82, 2.24) is 15.2 Å². The first-order valence-electron chi connectivity index (χ1n) is 7.32. The lowest BCUT2D eigenvalue weighted by Crippen LogP contribution is -2.48. The van der Waals surface area contributed by atoms with Crippen LogP contribution in [-0.2, 0) is 11.2 Å². The molecule has 1 aliphatic rings. The predicted octanol–water partition coefficient (Wildman–Crippen LogP) is 1.83. The van der Waals surface area contributed by atoms with Crippen molar-refractivity contribution < 1.29 is 9.53 Å². The average Bonchev–Trinajstić information content (AvgIpc) is 2.47. The van der Waals surface area contributed by atoms with Crippen LogP contribution in [-0.4, -0.2) is 48.3 Å². The highest BCUT2D eigenvalue weighted by Crippen LogP contribution is 2.11. The van der Waals surface area contributed by atoms with E-state index in [0.29, 0.717) is 6.61 Å². The number of nitrogens with one attached hydrogen (secondary N) is 1. The number of alkyl carbamates (subject to hydrolysis) is 1. The summed E-state index contributed by atoms with van der Waals surface area (Å²) in [7, 11) is 0. The molecule has 1 saturated heterocycles. The zero-order chi connectivity index (χ0) is 14.2. The summed E-state index contributed by atoms with van der Waals surface area (Å²) in [6.07, 6.45) is 6.54. The van der Waals surface area contributed by atoms with Gasteiger partial charge in [-0.25, -0.2) is 4.79 Å². The van der Waals surface area contributed by atoms with Gasteiger partial charge < -0.3 is 15.0 Å². The fourth-order valence-electron chi connectivity index (χ4n) is 2.55. The third-order valence-corrected chi connectivity index (χ3v) is 3.57. The van der Waals surface area contributed by atoms with Gasteiger partial charge in [-0.1, -0.05) is 0 Å². The molecule has 0 unspecified atom stereocenters. The van der Waals surface area contributed by atoms with Gasteiger partial charge in [0.05, 0.1) is 6.61 Å². The SMILES string of the molecule is CCOC(=O)N[C@H]1CCCN(CCc2ccncc2)C1. The summed E-state index contributed by atoms with van der Waals surface area (Å²) in [5.41, 5.74) is 1.31. The van der Waals surface area contributed by atoms with Crippen LogP contribution in [0.4, 0.5) is 4.79 Å². The van der Waals surface area contributed by atoms with Crippen molar-refractivity contribution in [3.8, 4) is 0 Å². The van der Waals surface area contributed by atoms with Crippen LogP contribution in [0, 0.1) is 0 Å². The van der Waals surface area contributed by atoms with Crippen molar-refractivity contribution in [2.75, 3.05) is 26.2 Å². The Morgan fingerprint density at radius 2 is 2.30 bits per heavy atom. The summed E-state index contributed by atoms with van der Waals surface area (Å²) in [5.74, 6) is 0. The summed E-state index contributed by atoms with van der Waals surface area (Å²) >= 11 is 0. The third kappa shape index (κ3) is 4.81. The second-order valence-corrected chi connectivity index (χ2v) is 5.11. The Hall–Kier alpha value is -1.62. The van der Waals surface area contributed by atoms with Gasteiger partial charge in [-0.05, 0) is 50.4 Å². The minimum Gasteiger partial charge on any atom is -0.450 e. The van der Waals surface area contributed by atoms with Crippen molar-refractivity contribution in [3.63, 3.8) is 0 Å². The molecule has 0 aliphatic carbocycles. The van der Waals surface area contributed by atoms with Crippen LogP contribution < -0.4 is 5.32 Å². The third-order valence-electron chi connectivity index (χ3n) is 3.57. The summed E-state index contributed by atoms with van der Waals surface area (Å²) < 4.78 is 4.93. The molecule has 110 valence electrons. The lowest BCUT2D eigenvalue weighted by atomic mass is 10.1. The smallest absolute Gasteiger partial charge is 0.407 e. The molecule has 0 spiro atoms. The van der Waals surface area contributed by atoms with Gasteiger partial charge in [-0.3, -0.25) is 4.98 Å². The van der Waals surface area contributed by atoms with Gasteiger partial charge in [0.15, 0.2) is 0 Å². The maximum Gasteiger partial charge on any atom is 0.407 e. The predicted molar refractivity (Wildman–Crippen MR) is 77.6 cm³/mol. The van der Waals surface area contributed by atoms with E-state index < -0.39 is 0 Å². The fraction of sp³-hybridized carbons (Fsp3) is 0.600. The van der Waals surface area contributed by atoms with Crippen LogP contribution in [0.5, 0.6) is 0 Å². The maximum absolute atomic E-state index is 11.4. The monoisotopic (exact) mass is 277 g/mol. The fourth-order valence-corrected chi connectivity index (χ4v) is 2.55.